The second-order valence-electron chi connectivity index (χ2n) is 6.56. The Morgan fingerprint density at radius 1 is 1.37 bits per heavy atom. The van der Waals surface area contributed by atoms with Gasteiger partial charge in [0, 0.05) is 19.3 Å². The van der Waals surface area contributed by atoms with Crippen LogP contribution in [0.1, 0.15) is 23.2 Å². The molecule has 1 aliphatic heterocycles. The van der Waals surface area contributed by atoms with E-state index < -0.39 is 18.2 Å². The van der Waals surface area contributed by atoms with Crippen molar-refractivity contribution in [2.45, 2.75) is 31.2 Å². The first-order valence-electron chi connectivity index (χ1n) is 8.65. The zero-order valence-corrected chi connectivity index (χ0v) is 14.7. The number of hydrogen-bond donors (Lipinski definition) is 5. The number of primary amides is 1. The van der Waals surface area contributed by atoms with Crippen molar-refractivity contribution >= 4 is 23.2 Å². The first-order valence-corrected chi connectivity index (χ1v) is 8.65. The van der Waals surface area contributed by atoms with Crippen molar-refractivity contribution in [3.8, 4) is 0 Å². The van der Waals surface area contributed by atoms with E-state index in [-0.39, 0.29) is 11.6 Å². The molecule has 10 heteroatoms. The summed E-state index contributed by atoms with van der Waals surface area (Å²) in [5.74, 6) is 0.397. The zero-order chi connectivity index (χ0) is 19.1. The third-order valence-electron chi connectivity index (χ3n) is 4.95. The Morgan fingerprint density at radius 3 is 2.81 bits per heavy atom. The van der Waals surface area contributed by atoms with Gasteiger partial charge < -0.3 is 31.5 Å². The quantitative estimate of drug-likeness (QED) is 0.488. The van der Waals surface area contributed by atoms with Crippen molar-refractivity contribution in [1.29, 1.82) is 0 Å². The van der Waals surface area contributed by atoms with Crippen molar-refractivity contribution in [2.75, 3.05) is 17.7 Å². The molecule has 27 heavy (non-hydrogen) atoms. The number of aromatic nitrogens is 3. The number of aliphatic hydroxyl groups is 2. The summed E-state index contributed by atoms with van der Waals surface area (Å²) < 4.78 is 1.48. The number of rotatable bonds is 5. The van der Waals surface area contributed by atoms with Crippen molar-refractivity contribution < 1.29 is 15.0 Å². The number of carbonyl (C=O) groups excluding carboxylic acids is 1. The van der Waals surface area contributed by atoms with Crippen LogP contribution in [0.25, 0.3) is 5.65 Å². The van der Waals surface area contributed by atoms with Crippen LogP contribution in [0.3, 0.4) is 0 Å². The Labute approximate surface area is 155 Å². The number of hydrogen-bond acceptors (Lipinski definition) is 8. The van der Waals surface area contributed by atoms with E-state index in [2.05, 4.69) is 20.7 Å². The minimum Gasteiger partial charge on any atom is -0.391 e. The van der Waals surface area contributed by atoms with Crippen LogP contribution in [-0.4, -0.2) is 61.0 Å². The highest BCUT2D eigenvalue weighted by atomic mass is 16.3. The number of carbonyl (C=O) groups is 1. The predicted molar refractivity (Wildman–Crippen MR) is 98.8 cm³/mol. The lowest BCUT2D eigenvalue weighted by Gasteiger charge is -2.44. The van der Waals surface area contributed by atoms with Crippen LogP contribution in [0.2, 0.25) is 0 Å². The highest BCUT2D eigenvalue weighted by molar-refractivity contribution is 5.98. The van der Waals surface area contributed by atoms with Crippen LogP contribution in [-0.2, 0) is 0 Å². The molecule has 0 radical (unpaired) electrons. The number of amides is 1. The van der Waals surface area contributed by atoms with Crippen LogP contribution in [0.4, 0.5) is 11.6 Å². The van der Waals surface area contributed by atoms with Gasteiger partial charge in [-0.1, -0.05) is 0 Å². The topological polar surface area (TPSA) is 141 Å². The molecule has 2 aromatic heterocycles. The lowest BCUT2D eigenvalue weighted by atomic mass is 9.87. The standard InChI is InChI=1S/C17H21N7O3/c1-19-14-7-13(22-16-9(15(18)26)8-20-24(14)16)21-10-3-2-6-23(17(10)27)11-4-5-12(11)25/h2-3,6-8,11-12,17,19,25,27H,4-5H2,1H3,(H2,18,26)(H,21,22)/t11-,12+,17?/m0/s1. The number of nitrogens with one attached hydrogen (secondary N) is 2. The second-order valence-corrected chi connectivity index (χ2v) is 6.56. The fourth-order valence-electron chi connectivity index (χ4n) is 3.31. The van der Waals surface area contributed by atoms with Crippen molar-refractivity contribution in [3.05, 3.63) is 41.9 Å². The molecular weight excluding hydrogens is 350 g/mol. The average Bonchev–Trinajstić information content (AvgIpc) is 3.07. The Morgan fingerprint density at radius 2 is 2.19 bits per heavy atom. The lowest BCUT2D eigenvalue weighted by Crippen LogP contribution is -2.53. The molecule has 0 bridgehead atoms. The van der Waals surface area contributed by atoms with E-state index in [1.807, 2.05) is 0 Å². The fraction of sp³-hybridized carbons (Fsp3) is 0.353. The molecular formula is C17H21N7O3. The van der Waals surface area contributed by atoms with E-state index in [0.29, 0.717) is 23.0 Å². The van der Waals surface area contributed by atoms with Gasteiger partial charge >= 0.3 is 0 Å². The number of aliphatic hydroxyl groups excluding tert-OH is 2. The summed E-state index contributed by atoms with van der Waals surface area (Å²) in [5.41, 5.74) is 6.42. The predicted octanol–water partition coefficient (Wildman–Crippen LogP) is -0.163. The van der Waals surface area contributed by atoms with Crippen LogP contribution in [0.15, 0.2) is 36.3 Å². The van der Waals surface area contributed by atoms with E-state index >= 15 is 0 Å². The van der Waals surface area contributed by atoms with Gasteiger partial charge in [0.2, 0.25) is 0 Å². The van der Waals surface area contributed by atoms with Gasteiger partial charge in [0.05, 0.1) is 24.0 Å². The van der Waals surface area contributed by atoms with Crippen LogP contribution < -0.4 is 16.4 Å². The minimum absolute atomic E-state index is 0.110. The normalized spacial score (nSPS) is 24.5. The Hall–Kier alpha value is -3.11. The molecule has 2 aliphatic rings. The number of nitrogens with two attached hydrogens (primary N) is 1. The summed E-state index contributed by atoms with van der Waals surface area (Å²) >= 11 is 0. The third kappa shape index (κ3) is 2.88. The van der Waals surface area contributed by atoms with Crippen LogP contribution in [0, 0.1) is 0 Å². The molecule has 1 amide bonds. The number of fused-ring (bicyclic) bond motifs is 1. The second kappa shape index (κ2) is 6.56. The van der Waals surface area contributed by atoms with Gasteiger partial charge in [0.25, 0.3) is 5.91 Å². The number of allylic oxidation sites excluding steroid dienone is 2. The van der Waals surface area contributed by atoms with Crippen molar-refractivity contribution in [1.82, 2.24) is 19.5 Å². The van der Waals surface area contributed by atoms with Crippen molar-refractivity contribution in [2.24, 2.45) is 5.73 Å². The number of anilines is 2. The minimum atomic E-state index is -0.938. The molecule has 1 fully saturated rings. The summed E-state index contributed by atoms with van der Waals surface area (Å²) in [5, 5.41) is 30.8. The average molecular weight is 371 g/mol. The molecule has 0 saturated heterocycles. The fourth-order valence-corrected chi connectivity index (χ4v) is 3.31. The molecule has 2 aromatic rings. The van der Waals surface area contributed by atoms with E-state index in [1.54, 1.807) is 36.4 Å². The van der Waals surface area contributed by atoms with Gasteiger partial charge in [-0.15, -0.1) is 0 Å². The molecule has 1 unspecified atom stereocenters. The summed E-state index contributed by atoms with van der Waals surface area (Å²) in [6, 6.07) is 1.60. The van der Waals surface area contributed by atoms with Crippen LogP contribution >= 0.6 is 0 Å². The molecule has 10 nitrogen and oxygen atoms in total. The first-order chi connectivity index (χ1) is 13.0. The zero-order valence-electron chi connectivity index (χ0n) is 14.7. The monoisotopic (exact) mass is 371 g/mol. The molecule has 1 saturated carbocycles. The Balaban J connectivity index is 1.65. The SMILES string of the molecule is CNc1cc(NC2=CC=CN([C@H]3CC[C@H]3O)C2O)nc2c(C(N)=O)cnn12. The van der Waals surface area contributed by atoms with Gasteiger partial charge in [-0.05, 0) is 25.0 Å². The van der Waals surface area contributed by atoms with Gasteiger partial charge in [-0.2, -0.15) is 9.61 Å². The maximum Gasteiger partial charge on any atom is 0.254 e. The smallest absolute Gasteiger partial charge is 0.254 e. The Kier molecular flexibility index (Phi) is 4.21. The van der Waals surface area contributed by atoms with Crippen LogP contribution in [0.5, 0.6) is 0 Å². The highest BCUT2D eigenvalue weighted by Gasteiger charge is 2.37. The molecule has 4 rings (SSSR count). The van der Waals surface area contributed by atoms with Gasteiger partial charge in [-0.3, -0.25) is 4.79 Å². The van der Waals surface area contributed by atoms with Gasteiger partial charge in [-0.25, -0.2) is 4.98 Å². The number of nitrogens with zero attached hydrogens (tertiary/aromatic N) is 4. The van der Waals surface area contributed by atoms with Gasteiger partial charge in [0.15, 0.2) is 11.9 Å². The summed E-state index contributed by atoms with van der Waals surface area (Å²) in [4.78, 5) is 17.8. The molecule has 0 aromatic carbocycles. The third-order valence-corrected chi connectivity index (χ3v) is 4.95. The lowest BCUT2D eigenvalue weighted by molar-refractivity contribution is -0.0597. The molecule has 6 N–H and O–H groups in total. The van der Waals surface area contributed by atoms with E-state index in [1.165, 1.54) is 10.7 Å². The molecule has 3 heterocycles. The maximum absolute atomic E-state index is 11.6. The summed E-state index contributed by atoms with van der Waals surface area (Å²) in [7, 11) is 1.72. The Bertz CT molecular complexity index is 951. The maximum atomic E-state index is 11.6. The highest BCUT2D eigenvalue weighted by Crippen LogP contribution is 2.31. The van der Waals surface area contributed by atoms with E-state index in [9.17, 15) is 15.0 Å². The molecule has 142 valence electrons. The first kappa shape index (κ1) is 17.3. The molecule has 1 aliphatic carbocycles. The van der Waals surface area contributed by atoms with E-state index in [4.69, 9.17) is 5.73 Å². The van der Waals surface area contributed by atoms with Gasteiger partial charge in [0.1, 0.15) is 17.2 Å². The molecule has 3 atom stereocenters. The summed E-state index contributed by atoms with van der Waals surface area (Å²) in [6.07, 6.45) is 6.84. The summed E-state index contributed by atoms with van der Waals surface area (Å²) in [6.45, 7) is 0. The van der Waals surface area contributed by atoms with Crippen molar-refractivity contribution in [3.63, 3.8) is 0 Å². The van der Waals surface area contributed by atoms with E-state index in [0.717, 1.165) is 12.8 Å². The molecule has 0 spiro atoms. The largest absolute Gasteiger partial charge is 0.391 e.